The lowest BCUT2D eigenvalue weighted by molar-refractivity contribution is -0.125. The summed E-state index contributed by atoms with van der Waals surface area (Å²) in [6.07, 6.45) is 10.2. The first kappa shape index (κ1) is 14.5. The van der Waals surface area contributed by atoms with E-state index >= 15 is 0 Å². The molecule has 0 spiro atoms. The lowest BCUT2D eigenvalue weighted by Crippen LogP contribution is -2.33. The van der Waals surface area contributed by atoms with Crippen molar-refractivity contribution < 1.29 is 4.79 Å². The van der Waals surface area contributed by atoms with Crippen LogP contribution in [0.25, 0.3) is 5.69 Å². The molecule has 0 radical (unpaired) electrons. The van der Waals surface area contributed by atoms with Crippen LogP contribution >= 0.6 is 0 Å². The first-order chi connectivity index (χ1) is 10.7. The molecule has 2 atom stereocenters. The van der Waals surface area contributed by atoms with Crippen LogP contribution in [-0.2, 0) is 4.79 Å². The van der Waals surface area contributed by atoms with E-state index in [0.29, 0.717) is 0 Å². The maximum atomic E-state index is 12.3. The zero-order valence-corrected chi connectivity index (χ0v) is 12.6. The van der Waals surface area contributed by atoms with Crippen LogP contribution in [-0.4, -0.2) is 20.7 Å². The quantitative estimate of drug-likeness (QED) is 0.883. The number of nitrogens with one attached hydrogen (secondary N) is 1. The van der Waals surface area contributed by atoms with Crippen LogP contribution in [0.1, 0.15) is 37.8 Å². The Balaban J connectivity index is 1.63. The number of hydrogen-bond acceptors (Lipinski definition) is 3. The molecule has 5 heteroatoms. The van der Waals surface area contributed by atoms with E-state index < -0.39 is 0 Å². The van der Waals surface area contributed by atoms with Gasteiger partial charge in [0.1, 0.15) is 12.7 Å². The Bertz CT molecular complexity index is 646. The number of carbonyl (C=O) groups is 1. The van der Waals surface area contributed by atoms with E-state index in [9.17, 15) is 4.79 Å². The van der Waals surface area contributed by atoms with E-state index in [1.54, 1.807) is 11.0 Å². The molecule has 1 aliphatic rings. The second-order valence-corrected chi connectivity index (χ2v) is 5.64. The molecule has 0 saturated heterocycles. The molecule has 2 aromatic rings. The van der Waals surface area contributed by atoms with Gasteiger partial charge in [-0.15, -0.1) is 0 Å². The summed E-state index contributed by atoms with van der Waals surface area (Å²) in [6.45, 7) is 2.01. The largest absolute Gasteiger partial charge is 0.349 e. The average molecular weight is 296 g/mol. The van der Waals surface area contributed by atoms with Crippen molar-refractivity contribution in [1.29, 1.82) is 0 Å². The number of nitrogens with zero attached hydrogens (tertiary/aromatic N) is 3. The van der Waals surface area contributed by atoms with Crippen LogP contribution in [0.3, 0.4) is 0 Å². The third-order valence-corrected chi connectivity index (χ3v) is 4.07. The highest BCUT2D eigenvalue weighted by Gasteiger charge is 2.20. The third-order valence-electron chi connectivity index (χ3n) is 4.07. The number of amides is 1. The maximum absolute atomic E-state index is 12.3. The molecule has 1 amide bonds. The van der Waals surface area contributed by atoms with Gasteiger partial charge in [0.2, 0.25) is 5.91 Å². The lowest BCUT2D eigenvalue weighted by Gasteiger charge is -2.21. The monoisotopic (exact) mass is 296 g/mol. The van der Waals surface area contributed by atoms with E-state index in [1.807, 2.05) is 31.2 Å². The number of carbonyl (C=O) groups excluding carboxylic acids is 1. The van der Waals surface area contributed by atoms with Crippen molar-refractivity contribution in [2.75, 3.05) is 0 Å². The maximum Gasteiger partial charge on any atom is 0.223 e. The Morgan fingerprint density at radius 2 is 2.14 bits per heavy atom. The highest BCUT2D eigenvalue weighted by atomic mass is 16.1. The van der Waals surface area contributed by atoms with Crippen LogP contribution in [0.5, 0.6) is 0 Å². The molecule has 22 heavy (non-hydrogen) atoms. The molecular formula is C17H20N4O. The van der Waals surface area contributed by atoms with E-state index in [-0.39, 0.29) is 17.9 Å². The summed E-state index contributed by atoms with van der Waals surface area (Å²) in [5, 5.41) is 7.21. The van der Waals surface area contributed by atoms with Gasteiger partial charge in [0, 0.05) is 5.92 Å². The van der Waals surface area contributed by atoms with Gasteiger partial charge in [-0.05, 0) is 43.9 Å². The summed E-state index contributed by atoms with van der Waals surface area (Å²) >= 11 is 0. The number of hydrogen-bond donors (Lipinski definition) is 1. The molecule has 1 aromatic heterocycles. The van der Waals surface area contributed by atoms with Crippen LogP contribution < -0.4 is 5.32 Å². The van der Waals surface area contributed by atoms with Crippen molar-refractivity contribution in [3.63, 3.8) is 0 Å². The molecule has 5 nitrogen and oxygen atoms in total. The van der Waals surface area contributed by atoms with E-state index in [1.165, 1.54) is 6.33 Å². The topological polar surface area (TPSA) is 59.8 Å². The molecule has 3 rings (SSSR count). The van der Waals surface area contributed by atoms with Crippen molar-refractivity contribution in [1.82, 2.24) is 20.1 Å². The molecule has 0 aliphatic heterocycles. The fourth-order valence-electron chi connectivity index (χ4n) is 2.70. The fourth-order valence-corrected chi connectivity index (χ4v) is 2.70. The van der Waals surface area contributed by atoms with Crippen LogP contribution in [0.15, 0.2) is 49.1 Å². The van der Waals surface area contributed by atoms with Gasteiger partial charge in [-0.2, -0.15) is 5.10 Å². The minimum Gasteiger partial charge on any atom is -0.349 e. The van der Waals surface area contributed by atoms with Gasteiger partial charge in [-0.3, -0.25) is 4.79 Å². The standard InChI is InChI=1S/C17H20N4O/c1-13(20-17(22)15-5-3-2-4-6-15)14-7-9-16(10-8-14)21-12-18-11-19-21/h2-3,7-13,15H,4-6H2,1H3,(H,20,22)/t13-,15+/m1/s1. The van der Waals surface area contributed by atoms with E-state index in [0.717, 1.165) is 30.5 Å². The Kier molecular flexibility index (Phi) is 4.32. The van der Waals surface area contributed by atoms with Crippen LogP contribution in [0, 0.1) is 5.92 Å². The Morgan fingerprint density at radius 1 is 1.32 bits per heavy atom. The first-order valence-corrected chi connectivity index (χ1v) is 7.64. The molecule has 0 bridgehead atoms. The predicted molar refractivity (Wildman–Crippen MR) is 84.4 cm³/mol. The molecule has 114 valence electrons. The van der Waals surface area contributed by atoms with Crippen molar-refractivity contribution in [2.24, 2.45) is 5.92 Å². The van der Waals surface area contributed by atoms with Crippen molar-refractivity contribution in [3.8, 4) is 5.69 Å². The number of aromatic nitrogens is 3. The van der Waals surface area contributed by atoms with Gasteiger partial charge in [-0.25, -0.2) is 9.67 Å². The molecular weight excluding hydrogens is 276 g/mol. The van der Waals surface area contributed by atoms with Gasteiger partial charge >= 0.3 is 0 Å². The SMILES string of the molecule is C[C@@H](NC(=O)[C@H]1CC=CCC1)c1ccc(-n2cncn2)cc1. The number of rotatable bonds is 4. The van der Waals surface area contributed by atoms with Crippen molar-refractivity contribution in [3.05, 3.63) is 54.6 Å². The summed E-state index contributed by atoms with van der Waals surface area (Å²) in [4.78, 5) is 16.2. The smallest absolute Gasteiger partial charge is 0.223 e. The molecule has 0 saturated carbocycles. The van der Waals surface area contributed by atoms with Gasteiger partial charge in [0.05, 0.1) is 11.7 Å². The lowest BCUT2D eigenvalue weighted by atomic mass is 9.93. The summed E-state index contributed by atoms with van der Waals surface area (Å²) in [6, 6.07) is 8.00. The third kappa shape index (κ3) is 3.24. The Morgan fingerprint density at radius 3 is 2.77 bits per heavy atom. The Hall–Kier alpha value is -2.43. The van der Waals surface area contributed by atoms with Gasteiger partial charge in [0.15, 0.2) is 0 Å². The summed E-state index contributed by atoms with van der Waals surface area (Å²) < 4.78 is 1.71. The highest BCUT2D eigenvalue weighted by Crippen LogP contribution is 2.21. The summed E-state index contributed by atoms with van der Waals surface area (Å²) in [5.74, 6) is 0.263. The highest BCUT2D eigenvalue weighted by molar-refractivity contribution is 5.79. The number of allylic oxidation sites excluding steroid dienone is 2. The minimum absolute atomic E-state index is 0.00297. The summed E-state index contributed by atoms with van der Waals surface area (Å²) in [5.41, 5.74) is 2.04. The number of benzene rings is 1. The minimum atomic E-state index is 0.00297. The normalized spacial score (nSPS) is 18.9. The van der Waals surface area contributed by atoms with Crippen molar-refractivity contribution in [2.45, 2.75) is 32.2 Å². The molecule has 1 N–H and O–H groups in total. The van der Waals surface area contributed by atoms with Crippen molar-refractivity contribution >= 4 is 5.91 Å². The second kappa shape index (κ2) is 6.56. The van der Waals surface area contributed by atoms with Crippen LogP contribution in [0.2, 0.25) is 0 Å². The zero-order chi connectivity index (χ0) is 15.4. The van der Waals surface area contributed by atoms with E-state index in [2.05, 4.69) is 27.6 Å². The molecule has 0 unspecified atom stereocenters. The average Bonchev–Trinajstić information content (AvgIpc) is 3.10. The predicted octanol–water partition coefficient (Wildman–Crippen LogP) is 2.80. The van der Waals surface area contributed by atoms with Crippen LogP contribution in [0.4, 0.5) is 0 Å². The first-order valence-electron chi connectivity index (χ1n) is 7.64. The van der Waals surface area contributed by atoms with Gasteiger partial charge in [-0.1, -0.05) is 24.3 Å². The fraction of sp³-hybridized carbons (Fsp3) is 0.353. The molecule has 1 aromatic carbocycles. The van der Waals surface area contributed by atoms with Gasteiger partial charge < -0.3 is 5.32 Å². The van der Waals surface area contributed by atoms with E-state index in [4.69, 9.17) is 0 Å². The second-order valence-electron chi connectivity index (χ2n) is 5.64. The summed E-state index contributed by atoms with van der Waals surface area (Å²) in [7, 11) is 0. The molecule has 0 fully saturated rings. The zero-order valence-electron chi connectivity index (χ0n) is 12.6. The molecule has 1 aliphatic carbocycles. The Labute approximate surface area is 130 Å². The van der Waals surface area contributed by atoms with Gasteiger partial charge in [0.25, 0.3) is 0 Å². The molecule has 1 heterocycles.